The van der Waals surface area contributed by atoms with E-state index in [0.717, 1.165) is 22.0 Å². The number of rotatable bonds is 5. The third-order valence-electron chi connectivity index (χ3n) is 3.01. The summed E-state index contributed by atoms with van der Waals surface area (Å²) in [5, 5.41) is 15.4. The number of benzene rings is 1. The molecule has 118 valence electrons. The summed E-state index contributed by atoms with van der Waals surface area (Å²) in [6.07, 6.45) is 1.00. The number of halogens is 1. The molecule has 0 aliphatic carbocycles. The predicted octanol–water partition coefficient (Wildman–Crippen LogP) is 4.06. The van der Waals surface area contributed by atoms with Crippen LogP contribution in [0.15, 0.2) is 29.6 Å². The summed E-state index contributed by atoms with van der Waals surface area (Å²) < 4.78 is 0. The van der Waals surface area contributed by atoms with E-state index in [9.17, 15) is 4.79 Å². The minimum atomic E-state index is -0.153. The number of anilines is 1. The molecule has 1 aromatic carbocycles. The molecule has 0 bridgehead atoms. The number of amides is 1. The second kappa shape index (κ2) is 7.16. The Balaban J connectivity index is 1.67. The van der Waals surface area contributed by atoms with Gasteiger partial charge in [-0.05, 0) is 12.5 Å². The van der Waals surface area contributed by atoms with E-state index in [-0.39, 0.29) is 12.3 Å². The Kier molecular flexibility index (Phi) is 5.00. The Morgan fingerprint density at radius 1 is 1.30 bits per heavy atom. The van der Waals surface area contributed by atoms with Crippen molar-refractivity contribution in [2.45, 2.75) is 19.8 Å². The highest BCUT2D eigenvalue weighted by atomic mass is 35.5. The maximum Gasteiger partial charge on any atom is 0.232 e. The van der Waals surface area contributed by atoms with E-state index in [4.69, 9.17) is 11.6 Å². The van der Waals surface area contributed by atoms with Crippen LogP contribution in [0.4, 0.5) is 5.13 Å². The summed E-state index contributed by atoms with van der Waals surface area (Å²) in [6.45, 7) is 2.00. The van der Waals surface area contributed by atoms with Gasteiger partial charge in [0, 0.05) is 10.9 Å². The lowest BCUT2D eigenvalue weighted by Gasteiger charge is -1.99. The molecule has 3 rings (SSSR count). The maximum atomic E-state index is 12.1. The van der Waals surface area contributed by atoms with Crippen molar-refractivity contribution in [2.24, 2.45) is 0 Å². The molecule has 0 fully saturated rings. The number of aryl methyl sites for hydroxylation is 1. The van der Waals surface area contributed by atoms with Gasteiger partial charge < -0.3 is 5.32 Å². The van der Waals surface area contributed by atoms with E-state index in [1.54, 1.807) is 0 Å². The van der Waals surface area contributed by atoms with Crippen LogP contribution in [0.25, 0.3) is 10.6 Å². The second-order valence-corrected chi connectivity index (χ2v) is 7.03. The molecule has 2 aromatic heterocycles. The van der Waals surface area contributed by atoms with Crippen molar-refractivity contribution in [3.05, 3.63) is 45.4 Å². The molecule has 1 N–H and O–H groups in total. The molecule has 0 unspecified atom stereocenters. The molecule has 5 nitrogen and oxygen atoms in total. The van der Waals surface area contributed by atoms with Gasteiger partial charge in [-0.1, -0.05) is 48.1 Å². The Hall–Kier alpha value is -1.83. The summed E-state index contributed by atoms with van der Waals surface area (Å²) >= 11 is 9.03. The van der Waals surface area contributed by atoms with Crippen molar-refractivity contribution in [3.63, 3.8) is 0 Å². The molecule has 0 aliphatic heterocycles. The first-order valence-electron chi connectivity index (χ1n) is 6.97. The van der Waals surface area contributed by atoms with E-state index >= 15 is 0 Å². The van der Waals surface area contributed by atoms with Crippen LogP contribution in [0.3, 0.4) is 0 Å². The zero-order chi connectivity index (χ0) is 16.2. The lowest BCUT2D eigenvalue weighted by Crippen LogP contribution is -2.14. The summed E-state index contributed by atoms with van der Waals surface area (Å²) in [6, 6.07) is 7.53. The molecule has 1 amide bonds. The first-order valence-corrected chi connectivity index (χ1v) is 9.04. The van der Waals surface area contributed by atoms with Gasteiger partial charge in [-0.15, -0.1) is 21.5 Å². The molecule has 8 heteroatoms. The van der Waals surface area contributed by atoms with Crippen LogP contribution in [0.2, 0.25) is 5.02 Å². The zero-order valence-electron chi connectivity index (χ0n) is 12.2. The summed E-state index contributed by atoms with van der Waals surface area (Å²) in [4.78, 5) is 16.5. The topological polar surface area (TPSA) is 67.8 Å². The van der Waals surface area contributed by atoms with E-state index in [2.05, 4.69) is 20.5 Å². The van der Waals surface area contributed by atoms with Gasteiger partial charge in [0.15, 0.2) is 0 Å². The van der Waals surface area contributed by atoms with Gasteiger partial charge in [0.05, 0.1) is 17.1 Å². The smallest absolute Gasteiger partial charge is 0.232 e. The minimum Gasteiger partial charge on any atom is -0.300 e. The third-order valence-corrected chi connectivity index (χ3v) is 5.25. The third kappa shape index (κ3) is 3.93. The SMILES string of the molecule is CCc1nnc(NC(=O)Cc2csc(-c3ccccc3Cl)n2)s1. The Morgan fingerprint density at radius 2 is 2.13 bits per heavy atom. The predicted molar refractivity (Wildman–Crippen MR) is 94.2 cm³/mol. The van der Waals surface area contributed by atoms with Crippen LogP contribution in [-0.4, -0.2) is 21.1 Å². The Labute approximate surface area is 146 Å². The number of aromatic nitrogens is 3. The van der Waals surface area contributed by atoms with Crippen LogP contribution < -0.4 is 5.32 Å². The van der Waals surface area contributed by atoms with Gasteiger partial charge in [0.1, 0.15) is 10.0 Å². The number of hydrogen-bond donors (Lipinski definition) is 1. The fraction of sp³-hybridized carbons (Fsp3) is 0.200. The summed E-state index contributed by atoms with van der Waals surface area (Å²) in [5.74, 6) is -0.153. The molecular formula is C15H13ClN4OS2. The average Bonchev–Trinajstić information content (AvgIpc) is 3.17. The highest BCUT2D eigenvalue weighted by Crippen LogP contribution is 2.30. The fourth-order valence-electron chi connectivity index (χ4n) is 1.92. The molecule has 0 aliphatic rings. The van der Waals surface area contributed by atoms with Crippen molar-refractivity contribution in [1.82, 2.24) is 15.2 Å². The van der Waals surface area contributed by atoms with E-state index in [1.807, 2.05) is 36.6 Å². The monoisotopic (exact) mass is 364 g/mol. The maximum absolute atomic E-state index is 12.1. The van der Waals surface area contributed by atoms with Crippen molar-refractivity contribution in [2.75, 3.05) is 5.32 Å². The highest BCUT2D eigenvalue weighted by molar-refractivity contribution is 7.15. The van der Waals surface area contributed by atoms with E-state index in [0.29, 0.717) is 15.8 Å². The standard InChI is InChI=1S/C15H13ClN4OS2/c1-2-13-19-20-15(23-13)18-12(21)7-9-8-22-14(17-9)10-5-3-4-6-11(10)16/h3-6,8H,2,7H2,1H3,(H,18,20,21). The number of carbonyl (C=O) groups is 1. The summed E-state index contributed by atoms with van der Waals surface area (Å²) in [7, 11) is 0. The molecule has 0 atom stereocenters. The highest BCUT2D eigenvalue weighted by Gasteiger charge is 2.12. The van der Waals surface area contributed by atoms with Crippen LogP contribution in [-0.2, 0) is 17.6 Å². The molecule has 3 aromatic rings. The summed E-state index contributed by atoms with van der Waals surface area (Å²) in [5.41, 5.74) is 1.59. The number of hydrogen-bond acceptors (Lipinski definition) is 6. The number of nitrogens with zero attached hydrogens (tertiary/aromatic N) is 3. The van der Waals surface area contributed by atoms with Crippen molar-refractivity contribution < 1.29 is 4.79 Å². The van der Waals surface area contributed by atoms with Crippen LogP contribution in [0.5, 0.6) is 0 Å². The quantitative estimate of drug-likeness (QED) is 0.741. The largest absolute Gasteiger partial charge is 0.300 e. The Morgan fingerprint density at radius 3 is 2.87 bits per heavy atom. The van der Waals surface area contributed by atoms with Crippen molar-refractivity contribution >= 4 is 45.3 Å². The van der Waals surface area contributed by atoms with Crippen molar-refractivity contribution in [3.8, 4) is 10.6 Å². The number of thiazole rings is 1. The molecule has 0 saturated heterocycles. The van der Waals surface area contributed by atoms with Gasteiger partial charge in [0.25, 0.3) is 0 Å². The molecule has 23 heavy (non-hydrogen) atoms. The second-order valence-electron chi connectivity index (χ2n) is 4.70. The van der Waals surface area contributed by atoms with Gasteiger partial charge in [0.2, 0.25) is 11.0 Å². The lowest BCUT2D eigenvalue weighted by atomic mass is 10.2. The number of nitrogens with one attached hydrogen (secondary N) is 1. The zero-order valence-corrected chi connectivity index (χ0v) is 14.6. The minimum absolute atomic E-state index is 0.153. The molecule has 0 spiro atoms. The van der Waals surface area contributed by atoms with Gasteiger partial charge in [-0.25, -0.2) is 4.98 Å². The first-order chi connectivity index (χ1) is 11.2. The molecule has 2 heterocycles. The first kappa shape index (κ1) is 16.0. The number of carbonyl (C=O) groups excluding carboxylic acids is 1. The van der Waals surface area contributed by atoms with E-state index < -0.39 is 0 Å². The lowest BCUT2D eigenvalue weighted by molar-refractivity contribution is -0.115. The fourth-order valence-corrected chi connectivity index (χ4v) is 3.76. The van der Waals surface area contributed by atoms with Crippen LogP contribution in [0, 0.1) is 0 Å². The Bertz CT molecular complexity index is 830. The molecular weight excluding hydrogens is 352 g/mol. The van der Waals surface area contributed by atoms with Crippen LogP contribution in [0.1, 0.15) is 17.6 Å². The molecule has 0 radical (unpaired) electrons. The average molecular weight is 365 g/mol. The van der Waals surface area contributed by atoms with Crippen molar-refractivity contribution in [1.29, 1.82) is 0 Å². The van der Waals surface area contributed by atoms with E-state index in [1.165, 1.54) is 22.7 Å². The van der Waals surface area contributed by atoms with Gasteiger partial charge >= 0.3 is 0 Å². The molecule has 0 saturated carbocycles. The normalized spacial score (nSPS) is 10.7. The van der Waals surface area contributed by atoms with Gasteiger partial charge in [-0.3, -0.25) is 4.79 Å². The van der Waals surface area contributed by atoms with Gasteiger partial charge in [-0.2, -0.15) is 0 Å². The van der Waals surface area contributed by atoms with Crippen LogP contribution >= 0.6 is 34.3 Å².